The van der Waals surface area contributed by atoms with Gasteiger partial charge in [-0.15, -0.1) is 10.2 Å². The van der Waals surface area contributed by atoms with E-state index in [1.165, 1.54) is 6.33 Å². The van der Waals surface area contributed by atoms with Crippen LogP contribution in [0.4, 0.5) is 0 Å². The Morgan fingerprint density at radius 2 is 2.26 bits per heavy atom. The molecular weight excluding hydrogens is 244 g/mol. The fraction of sp³-hybridized carbons (Fsp3) is 0.167. The molecule has 0 saturated carbocycles. The highest BCUT2D eigenvalue weighted by Gasteiger charge is 2.10. The molecule has 3 aromatic rings. The van der Waals surface area contributed by atoms with Crippen molar-refractivity contribution < 1.29 is 4.42 Å². The predicted octanol–water partition coefficient (Wildman–Crippen LogP) is 1.56. The summed E-state index contributed by atoms with van der Waals surface area (Å²) >= 11 is 0. The molecule has 0 bridgehead atoms. The first-order valence-electron chi connectivity index (χ1n) is 5.75. The highest BCUT2D eigenvalue weighted by molar-refractivity contribution is 5.75. The fourth-order valence-electron chi connectivity index (χ4n) is 1.76. The highest BCUT2D eigenvalue weighted by Crippen LogP contribution is 2.09. The van der Waals surface area contributed by atoms with E-state index in [0.717, 1.165) is 11.4 Å². The standard InChI is InChI=1S/C12H12N6O/c1-9-6-10(2)18(16-9)12-15-13-8-17(12)14-7-11-4-3-5-19-11/h3-8H,1-2H3/b14-7+. The van der Waals surface area contributed by atoms with E-state index in [9.17, 15) is 0 Å². The molecule has 0 N–H and O–H groups in total. The zero-order valence-corrected chi connectivity index (χ0v) is 10.6. The van der Waals surface area contributed by atoms with E-state index in [-0.39, 0.29) is 0 Å². The molecule has 0 spiro atoms. The Morgan fingerprint density at radius 1 is 1.37 bits per heavy atom. The summed E-state index contributed by atoms with van der Waals surface area (Å²) in [5.74, 6) is 1.20. The van der Waals surface area contributed by atoms with E-state index in [1.807, 2.05) is 26.0 Å². The minimum Gasteiger partial charge on any atom is -0.463 e. The van der Waals surface area contributed by atoms with Gasteiger partial charge in [0.15, 0.2) is 0 Å². The lowest BCUT2D eigenvalue weighted by molar-refractivity contribution is 0.559. The van der Waals surface area contributed by atoms with Crippen molar-refractivity contribution in [2.75, 3.05) is 0 Å². The summed E-state index contributed by atoms with van der Waals surface area (Å²) in [6.45, 7) is 3.88. The van der Waals surface area contributed by atoms with Crippen molar-refractivity contribution >= 4 is 6.21 Å². The number of furan rings is 1. The van der Waals surface area contributed by atoms with Crippen LogP contribution in [0, 0.1) is 13.8 Å². The molecule has 0 radical (unpaired) electrons. The van der Waals surface area contributed by atoms with Gasteiger partial charge in [-0.25, -0.2) is 4.68 Å². The molecule has 0 aromatic carbocycles. The minimum atomic E-state index is 0.536. The zero-order valence-electron chi connectivity index (χ0n) is 10.6. The molecule has 96 valence electrons. The fourth-order valence-corrected chi connectivity index (χ4v) is 1.76. The maximum Gasteiger partial charge on any atom is 0.273 e. The van der Waals surface area contributed by atoms with Crippen molar-refractivity contribution in [2.24, 2.45) is 5.10 Å². The highest BCUT2D eigenvalue weighted by atomic mass is 16.3. The van der Waals surface area contributed by atoms with Gasteiger partial charge in [0, 0.05) is 5.69 Å². The molecule has 0 aliphatic heterocycles. The van der Waals surface area contributed by atoms with Gasteiger partial charge in [-0.05, 0) is 32.0 Å². The lowest BCUT2D eigenvalue weighted by atomic mass is 10.4. The first kappa shape index (κ1) is 11.4. The number of rotatable bonds is 3. The lowest BCUT2D eigenvalue weighted by Gasteiger charge is -2.01. The van der Waals surface area contributed by atoms with Crippen molar-refractivity contribution in [3.63, 3.8) is 0 Å². The second-order valence-electron chi connectivity index (χ2n) is 4.07. The van der Waals surface area contributed by atoms with E-state index in [1.54, 1.807) is 27.9 Å². The normalized spacial score (nSPS) is 11.5. The summed E-state index contributed by atoms with van der Waals surface area (Å²) in [7, 11) is 0. The zero-order chi connectivity index (χ0) is 13.2. The van der Waals surface area contributed by atoms with Gasteiger partial charge in [0.25, 0.3) is 5.95 Å². The molecular formula is C12H12N6O. The van der Waals surface area contributed by atoms with Crippen LogP contribution in [0.5, 0.6) is 0 Å². The van der Waals surface area contributed by atoms with Crippen LogP contribution < -0.4 is 0 Å². The molecule has 0 saturated heterocycles. The summed E-state index contributed by atoms with van der Waals surface area (Å²) in [4.78, 5) is 0. The van der Waals surface area contributed by atoms with Gasteiger partial charge in [0.1, 0.15) is 12.1 Å². The Balaban J connectivity index is 1.97. The summed E-state index contributed by atoms with van der Waals surface area (Å²) in [5, 5.41) is 16.5. The molecule has 0 aliphatic rings. The maximum absolute atomic E-state index is 5.18. The van der Waals surface area contributed by atoms with Gasteiger partial charge >= 0.3 is 0 Å². The van der Waals surface area contributed by atoms with Crippen molar-refractivity contribution in [2.45, 2.75) is 13.8 Å². The Labute approximate surface area is 109 Å². The summed E-state index contributed by atoms with van der Waals surface area (Å²) < 4.78 is 8.42. The molecule has 7 nitrogen and oxygen atoms in total. The largest absolute Gasteiger partial charge is 0.463 e. The van der Waals surface area contributed by atoms with Gasteiger partial charge in [-0.2, -0.15) is 14.9 Å². The topological polar surface area (TPSA) is 74.0 Å². The number of aryl methyl sites for hydroxylation is 2. The SMILES string of the molecule is Cc1cc(C)n(-c2nncn2/N=C/c2ccco2)n1. The van der Waals surface area contributed by atoms with Gasteiger partial charge in [0.05, 0.1) is 18.2 Å². The molecule has 0 amide bonds. The molecule has 7 heteroatoms. The minimum absolute atomic E-state index is 0.536. The molecule has 19 heavy (non-hydrogen) atoms. The Morgan fingerprint density at radius 3 is 2.95 bits per heavy atom. The third-order valence-corrected chi connectivity index (χ3v) is 2.56. The second kappa shape index (κ2) is 4.52. The lowest BCUT2D eigenvalue weighted by Crippen LogP contribution is -2.06. The number of hydrogen-bond donors (Lipinski definition) is 0. The van der Waals surface area contributed by atoms with Crippen molar-refractivity contribution in [1.82, 2.24) is 24.7 Å². The van der Waals surface area contributed by atoms with Gasteiger partial charge in [0.2, 0.25) is 0 Å². The average Bonchev–Trinajstić information content (AvgIpc) is 3.07. The van der Waals surface area contributed by atoms with E-state index in [4.69, 9.17) is 4.42 Å². The van der Waals surface area contributed by atoms with Gasteiger partial charge in [-0.1, -0.05) is 0 Å². The Bertz CT molecular complexity index is 706. The van der Waals surface area contributed by atoms with E-state index < -0.39 is 0 Å². The quantitative estimate of drug-likeness (QED) is 0.666. The van der Waals surface area contributed by atoms with Gasteiger partial charge < -0.3 is 4.42 Å². The van der Waals surface area contributed by atoms with Crippen LogP contribution in [0.1, 0.15) is 17.1 Å². The average molecular weight is 256 g/mol. The molecule has 0 atom stereocenters. The van der Waals surface area contributed by atoms with E-state index in [2.05, 4.69) is 20.4 Å². The van der Waals surface area contributed by atoms with Crippen molar-refractivity contribution in [3.8, 4) is 5.95 Å². The van der Waals surface area contributed by atoms with Gasteiger partial charge in [-0.3, -0.25) is 0 Å². The van der Waals surface area contributed by atoms with Crippen LogP contribution in [-0.2, 0) is 0 Å². The maximum atomic E-state index is 5.18. The number of aromatic nitrogens is 5. The molecule has 0 aliphatic carbocycles. The van der Waals surface area contributed by atoms with Crippen molar-refractivity contribution in [1.29, 1.82) is 0 Å². The summed E-state index contributed by atoms with van der Waals surface area (Å²) in [6.07, 6.45) is 4.71. The first-order valence-corrected chi connectivity index (χ1v) is 5.75. The van der Waals surface area contributed by atoms with Crippen LogP contribution >= 0.6 is 0 Å². The molecule has 3 rings (SSSR count). The monoisotopic (exact) mass is 256 g/mol. The number of nitrogens with zero attached hydrogens (tertiary/aromatic N) is 6. The van der Waals surface area contributed by atoms with Crippen LogP contribution in [-0.4, -0.2) is 30.9 Å². The first-order chi connectivity index (χ1) is 9.24. The second-order valence-corrected chi connectivity index (χ2v) is 4.07. The van der Waals surface area contributed by atoms with E-state index >= 15 is 0 Å². The van der Waals surface area contributed by atoms with Crippen LogP contribution in [0.2, 0.25) is 0 Å². The Kier molecular flexibility index (Phi) is 2.71. The smallest absolute Gasteiger partial charge is 0.273 e. The predicted molar refractivity (Wildman–Crippen MR) is 68.3 cm³/mol. The third-order valence-electron chi connectivity index (χ3n) is 2.56. The third kappa shape index (κ3) is 2.17. The van der Waals surface area contributed by atoms with Crippen LogP contribution in [0.3, 0.4) is 0 Å². The van der Waals surface area contributed by atoms with Crippen LogP contribution in [0.15, 0.2) is 40.3 Å². The molecule has 0 fully saturated rings. The van der Waals surface area contributed by atoms with E-state index in [0.29, 0.717) is 11.7 Å². The summed E-state index contributed by atoms with van der Waals surface area (Å²) in [6, 6.07) is 5.58. The van der Waals surface area contributed by atoms with Crippen LogP contribution in [0.25, 0.3) is 5.95 Å². The molecule has 3 heterocycles. The summed E-state index contributed by atoms with van der Waals surface area (Å²) in [5.41, 5.74) is 1.89. The molecule has 3 aromatic heterocycles. The molecule has 0 unspecified atom stereocenters. The van der Waals surface area contributed by atoms with Crippen molar-refractivity contribution in [3.05, 3.63) is 47.9 Å². The Hall–Kier alpha value is -2.70. The number of hydrogen-bond acceptors (Lipinski definition) is 5.